The van der Waals surface area contributed by atoms with Crippen molar-refractivity contribution in [2.45, 2.75) is 6.04 Å². The van der Waals surface area contributed by atoms with E-state index in [0.717, 1.165) is 5.75 Å². The van der Waals surface area contributed by atoms with Gasteiger partial charge in [-0.05, 0) is 42.5 Å². The molecule has 1 amide bonds. The van der Waals surface area contributed by atoms with E-state index in [1.807, 2.05) is 30.3 Å². The Labute approximate surface area is 183 Å². The van der Waals surface area contributed by atoms with Crippen molar-refractivity contribution in [3.05, 3.63) is 84.1 Å². The topological polar surface area (TPSA) is 108 Å². The number of carbonyl (C=O) groups excluding carboxylic acids is 1. The van der Waals surface area contributed by atoms with Gasteiger partial charge in [0.05, 0.1) is 11.7 Å². The van der Waals surface area contributed by atoms with E-state index in [1.54, 1.807) is 33.7 Å². The second kappa shape index (κ2) is 7.69. The number of benzene rings is 2. The molecule has 5 rings (SSSR count). The number of fused-ring (bicyclic) bond motifs is 1. The lowest BCUT2D eigenvalue weighted by Gasteiger charge is -2.38. The summed E-state index contributed by atoms with van der Waals surface area (Å²) in [7, 11) is 0. The molecule has 1 fully saturated rings. The van der Waals surface area contributed by atoms with Crippen LogP contribution in [0.1, 0.15) is 6.04 Å². The number of para-hydroxylation sites is 1. The molecule has 32 heavy (non-hydrogen) atoms. The van der Waals surface area contributed by atoms with Crippen LogP contribution in [0, 0.1) is 0 Å². The SMILES string of the molecule is C=CC(=O)N1CC(n2c(=O)n(-c3ccc(Oc4ccccc4)cc3)c3c(N)ncnc32)C1. The highest BCUT2D eigenvalue weighted by Gasteiger charge is 2.34. The molecular formula is C23H20N6O3. The molecule has 0 aliphatic carbocycles. The van der Waals surface area contributed by atoms with Gasteiger partial charge in [-0.3, -0.25) is 13.9 Å². The predicted molar refractivity (Wildman–Crippen MR) is 120 cm³/mol. The van der Waals surface area contributed by atoms with Crippen molar-refractivity contribution in [2.24, 2.45) is 0 Å². The quantitative estimate of drug-likeness (QED) is 0.490. The standard InChI is InChI=1S/C23H20N6O3/c1-2-19(30)27-12-16(13-27)29-22-20(21(24)25-14-26-22)28(23(29)31)15-8-10-18(11-9-15)32-17-6-4-3-5-7-17/h2-11,14,16H,1,12-13H2,(H2,24,25,26). The summed E-state index contributed by atoms with van der Waals surface area (Å²) >= 11 is 0. The van der Waals surface area contributed by atoms with Crippen molar-refractivity contribution < 1.29 is 9.53 Å². The number of ether oxygens (including phenoxy) is 1. The number of rotatable bonds is 5. The lowest BCUT2D eigenvalue weighted by Crippen LogP contribution is -2.52. The Morgan fingerprint density at radius 3 is 2.44 bits per heavy atom. The molecule has 9 heteroatoms. The largest absolute Gasteiger partial charge is 0.457 e. The minimum Gasteiger partial charge on any atom is -0.457 e. The number of imidazole rings is 1. The van der Waals surface area contributed by atoms with Crippen LogP contribution in [0.15, 0.2) is 78.4 Å². The Morgan fingerprint density at radius 2 is 1.75 bits per heavy atom. The average Bonchev–Trinajstić information content (AvgIpc) is 3.07. The lowest BCUT2D eigenvalue weighted by molar-refractivity contribution is -0.131. The van der Waals surface area contributed by atoms with Crippen molar-refractivity contribution in [1.82, 2.24) is 24.0 Å². The van der Waals surface area contributed by atoms with Crippen LogP contribution in [0.5, 0.6) is 11.5 Å². The van der Waals surface area contributed by atoms with Gasteiger partial charge in [-0.1, -0.05) is 24.8 Å². The Morgan fingerprint density at radius 1 is 1.06 bits per heavy atom. The second-order valence-electron chi connectivity index (χ2n) is 7.43. The smallest absolute Gasteiger partial charge is 0.335 e. The molecule has 1 saturated heterocycles. The van der Waals surface area contributed by atoms with Crippen LogP contribution in [0.3, 0.4) is 0 Å². The summed E-state index contributed by atoms with van der Waals surface area (Å²) in [6.45, 7) is 4.31. The van der Waals surface area contributed by atoms with Gasteiger partial charge in [0.2, 0.25) is 5.91 Å². The molecule has 4 aromatic rings. The highest BCUT2D eigenvalue weighted by atomic mass is 16.5. The molecule has 0 radical (unpaired) electrons. The molecule has 1 aliphatic rings. The van der Waals surface area contributed by atoms with E-state index >= 15 is 0 Å². The molecule has 0 unspecified atom stereocenters. The van der Waals surface area contributed by atoms with E-state index in [-0.39, 0.29) is 23.5 Å². The van der Waals surface area contributed by atoms with E-state index in [1.165, 1.54) is 17.0 Å². The van der Waals surface area contributed by atoms with Gasteiger partial charge in [0, 0.05) is 13.1 Å². The minimum atomic E-state index is -0.292. The maximum atomic E-state index is 13.4. The Balaban J connectivity index is 1.53. The number of amides is 1. The van der Waals surface area contributed by atoms with E-state index in [4.69, 9.17) is 10.5 Å². The summed E-state index contributed by atoms with van der Waals surface area (Å²) in [6, 6.07) is 16.4. The molecule has 0 bridgehead atoms. The van der Waals surface area contributed by atoms with Gasteiger partial charge in [0.1, 0.15) is 23.3 Å². The van der Waals surface area contributed by atoms with Gasteiger partial charge < -0.3 is 15.4 Å². The van der Waals surface area contributed by atoms with Crippen molar-refractivity contribution in [2.75, 3.05) is 18.8 Å². The van der Waals surface area contributed by atoms with Gasteiger partial charge in [-0.25, -0.2) is 14.8 Å². The number of carbonyl (C=O) groups is 1. The van der Waals surface area contributed by atoms with Crippen molar-refractivity contribution in [3.8, 4) is 17.2 Å². The summed E-state index contributed by atoms with van der Waals surface area (Å²) in [5, 5.41) is 0. The maximum Gasteiger partial charge on any atom is 0.335 e. The maximum absolute atomic E-state index is 13.4. The average molecular weight is 428 g/mol. The highest BCUT2D eigenvalue weighted by molar-refractivity contribution is 5.88. The number of hydrogen-bond acceptors (Lipinski definition) is 6. The Bertz CT molecular complexity index is 1370. The number of aromatic nitrogens is 4. The first-order valence-electron chi connectivity index (χ1n) is 10.0. The third kappa shape index (κ3) is 3.20. The van der Waals surface area contributed by atoms with Crippen molar-refractivity contribution in [3.63, 3.8) is 0 Å². The number of likely N-dealkylation sites (tertiary alicyclic amines) is 1. The molecule has 3 heterocycles. The number of anilines is 1. The monoisotopic (exact) mass is 428 g/mol. The zero-order valence-corrected chi connectivity index (χ0v) is 17.1. The molecule has 0 spiro atoms. The summed E-state index contributed by atoms with van der Waals surface area (Å²) < 4.78 is 8.91. The Hall–Kier alpha value is -4.40. The van der Waals surface area contributed by atoms with Crippen LogP contribution in [0.4, 0.5) is 5.82 Å². The summed E-state index contributed by atoms with van der Waals surface area (Å²) in [6.07, 6.45) is 2.60. The first-order chi connectivity index (χ1) is 15.6. The molecule has 2 aromatic carbocycles. The molecule has 2 aromatic heterocycles. The zero-order valence-electron chi connectivity index (χ0n) is 17.1. The fourth-order valence-corrected chi connectivity index (χ4v) is 3.85. The first-order valence-corrected chi connectivity index (χ1v) is 10.0. The number of hydrogen-bond donors (Lipinski definition) is 1. The van der Waals surface area contributed by atoms with Crippen LogP contribution in [-0.2, 0) is 4.79 Å². The fourth-order valence-electron chi connectivity index (χ4n) is 3.85. The van der Waals surface area contributed by atoms with Crippen LogP contribution in [0.2, 0.25) is 0 Å². The van der Waals surface area contributed by atoms with E-state index < -0.39 is 0 Å². The molecule has 1 aliphatic heterocycles. The van der Waals surface area contributed by atoms with Crippen LogP contribution in [-0.4, -0.2) is 43.0 Å². The predicted octanol–water partition coefficient (Wildman–Crippen LogP) is 2.53. The van der Waals surface area contributed by atoms with Gasteiger partial charge in [-0.15, -0.1) is 0 Å². The number of nitrogens with zero attached hydrogens (tertiary/aromatic N) is 5. The van der Waals surface area contributed by atoms with Gasteiger partial charge in [0.15, 0.2) is 11.5 Å². The van der Waals surface area contributed by atoms with Gasteiger partial charge in [-0.2, -0.15) is 0 Å². The van der Waals surface area contributed by atoms with E-state index in [9.17, 15) is 9.59 Å². The second-order valence-corrected chi connectivity index (χ2v) is 7.43. The van der Waals surface area contributed by atoms with Crippen LogP contribution < -0.4 is 16.2 Å². The van der Waals surface area contributed by atoms with Gasteiger partial charge >= 0.3 is 5.69 Å². The van der Waals surface area contributed by atoms with Crippen molar-refractivity contribution in [1.29, 1.82) is 0 Å². The molecule has 2 N–H and O–H groups in total. The summed E-state index contributed by atoms with van der Waals surface area (Å²) in [5.74, 6) is 1.39. The minimum absolute atomic E-state index is 0.166. The third-order valence-corrected chi connectivity index (χ3v) is 5.47. The molecule has 0 atom stereocenters. The van der Waals surface area contributed by atoms with E-state index in [0.29, 0.717) is 35.7 Å². The number of nitrogen functional groups attached to an aromatic ring is 1. The van der Waals surface area contributed by atoms with Gasteiger partial charge in [0.25, 0.3) is 0 Å². The highest BCUT2D eigenvalue weighted by Crippen LogP contribution is 2.28. The normalized spacial score (nSPS) is 13.7. The van der Waals surface area contributed by atoms with Crippen LogP contribution >= 0.6 is 0 Å². The molecule has 9 nitrogen and oxygen atoms in total. The zero-order chi connectivity index (χ0) is 22.2. The fraction of sp³-hybridized carbons (Fsp3) is 0.130. The third-order valence-electron chi connectivity index (χ3n) is 5.47. The molecular weight excluding hydrogens is 408 g/mol. The lowest BCUT2D eigenvalue weighted by atomic mass is 10.1. The number of nitrogens with two attached hydrogens (primary N) is 1. The molecule has 0 saturated carbocycles. The molecule has 160 valence electrons. The Kier molecular flexibility index (Phi) is 4.70. The summed E-state index contributed by atoms with van der Waals surface area (Å²) in [4.78, 5) is 35.3. The van der Waals surface area contributed by atoms with E-state index in [2.05, 4.69) is 16.5 Å². The van der Waals surface area contributed by atoms with Crippen LogP contribution in [0.25, 0.3) is 16.9 Å². The van der Waals surface area contributed by atoms with Crippen molar-refractivity contribution >= 4 is 22.9 Å². The first kappa shape index (κ1) is 19.6. The summed E-state index contributed by atoms with van der Waals surface area (Å²) in [5.41, 5.74) is 7.32.